The van der Waals surface area contributed by atoms with E-state index in [1.807, 2.05) is 55.4 Å². The molecule has 0 unspecified atom stereocenters. The average molecular weight is 353 g/mol. The van der Waals surface area contributed by atoms with Crippen LogP contribution in [0, 0.1) is 0 Å². The van der Waals surface area contributed by atoms with Crippen LogP contribution >= 0.6 is 0 Å². The van der Waals surface area contributed by atoms with Gasteiger partial charge in [-0.25, -0.2) is 4.79 Å². The SMILES string of the molecule is CN(Cc1cccc(OCC(=O)O)c1)c1ccc(-c2ccnn2C)nn1. The molecule has 0 saturated heterocycles. The smallest absolute Gasteiger partial charge is 0.341 e. The van der Waals surface area contributed by atoms with Crippen molar-refractivity contribution in [1.82, 2.24) is 20.0 Å². The summed E-state index contributed by atoms with van der Waals surface area (Å²) in [6.45, 7) is 0.226. The molecule has 0 radical (unpaired) electrons. The van der Waals surface area contributed by atoms with Gasteiger partial charge in [0.1, 0.15) is 11.4 Å². The maximum Gasteiger partial charge on any atom is 0.341 e. The van der Waals surface area contributed by atoms with Crippen LogP contribution in [-0.4, -0.2) is 44.7 Å². The fourth-order valence-electron chi connectivity index (χ4n) is 2.52. The molecule has 0 aliphatic rings. The molecule has 2 aromatic heterocycles. The van der Waals surface area contributed by atoms with Gasteiger partial charge in [-0.2, -0.15) is 5.10 Å². The molecule has 3 rings (SSSR count). The Morgan fingerprint density at radius 2 is 2.08 bits per heavy atom. The van der Waals surface area contributed by atoms with Gasteiger partial charge in [0.15, 0.2) is 12.4 Å². The Labute approximate surface area is 150 Å². The summed E-state index contributed by atoms with van der Waals surface area (Å²) in [5, 5.41) is 21.4. The summed E-state index contributed by atoms with van der Waals surface area (Å²) in [6, 6.07) is 13.0. The van der Waals surface area contributed by atoms with Crippen molar-refractivity contribution in [3.8, 4) is 17.1 Å². The normalized spacial score (nSPS) is 10.5. The van der Waals surface area contributed by atoms with Crippen LogP contribution in [0.5, 0.6) is 5.75 Å². The summed E-state index contributed by atoms with van der Waals surface area (Å²) < 4.78 is 6.96. The molecule has 1 N–H and O–H groups in total. The molecular formula is C18H19N5O3. The highest BCUT2D eigenvalue weighted by atomic mass is 16.5. The summed E-state index contributed by atoms with van der Waals surface area (Å²) in [5.41, 5.74) is 2.63. The van der Waals surface area contributed by atoms with E-state index in [0.29, 0.717) is 12.3 Å². The number of aryl methyl sites for hydroxylation is 1. The number of benzene rings is 1. The van der Waals surface area contributed by atoms with Gasteiger partial charge in [-0.1, -0.05) is 12.1 Å². The van der Waals surface area contributed by atoms with E-state index in [0.717, 1.165) is 22.8 Å². The Bertz CT molecular complexity index is 892. The maximum atomic E-state index is 10.6. The first-order valence-corrected chi connectivity index (χ1v) is 7.99. The Hall–Kier alpha value is -3.42. The number of nitrogens with zero attached hydrogens (tertiary/aromatic N) is 5. The molecule has 0 bridgehead atoms. The van der Waals surface area contributed by atoms with E-state index < -0.39 is 5.97 Å². The van der Waals surface area contributed by atoms with E-state index in [1.165, 1.54) is 0 Å². The van der Waals surface area contributed by atoms with Crippen LogP contribution in [0.2, 0.25) is 0 Å². The van der Waals surface area contributed by atoms with Gasteiger partial charge >= 0.3 is 5.97 Å². The first kappa shape index (κ1) is 17.4. The first-order chi connectivity index (χ1) is 12.5. The molecule has 8 heteroatoms. The number of hydrogen-bond acceptors (Lipinski definition) is 6. The predicted molar refractivity (Wildman–Crippen MR) is 95.9 cm³/mol. The van der Waals surface area contributed by atoms with Gasteiger partial charge in [0.25, 0.3) is 0 Å². The Morgan fingerprint density at radius 1 is 1.23 bits per heavy atom. The lowest BCUT2D eigenvalue weighted by molar-refractivity contribution is -0.139. The number of carboxylic acid groups (broad SMARTS) is 1. The van der Waals surface area contributed by atoms with Gasteiger partial charge < -0.3 is 14.7 Å². The van der Waals surface area contributed by atoms with E-state index in [-0.39, 0.29) is 6.61 Å². The molecule has 2 heterocycles. The lowest BCUT2D eigenvalue weighted by atomic mass is 10.2. The standard InChI is InChI=1S/C18H19N5O3/c1-22(11-13-4-3-5-14(10-13)26-12-18(24)25)17-7-6-15(20-21-17)16-8-9-19-23(16)2/h3-10H,11-12H2,1-2H3,(H,24,25). The molecule has 0 amide bonds. The zero-order chi connectivity index (χ0) is 18.5. The molecule has 0 aliphatic carbocycles. The van der Waals surface area contributed by atoms with Crippen LogP contribution in [0.4, 0.5) is 5.82 Å². The van der Waals surface area contributed by atoms with Crippen LogP contribution in [0.1, 0.15) is 5.56 Å². The summed E-state index contributed by atoms with van der Waals surface area (Å²) >= 11 is 0. The van der Waals surface area contributed by atoms with Gasteiger partial charge in [-0.15, -0.1) is 10.2 Å². The number of rotatable bonds is 7. The summed E-state index contributed by atoms with van der Waals surface area (Å²) in [7, 11) is 3.77. The van der Waals surface area contributed by atoms with Crippen molar-refractivity contribution in [2.75, 3.05) is 18.6 Å². The third-order valence-electron chi connectivity index (χ3n) is 3.81. The molecule has 1 aromatic carbocycles. The topological polar surface area (TPSA) is 93.4 Å². The summed E-state index contributed by atoms with van der Waals surface area (Å²) in [4.78, 5) is 12.6. The predicted octanol–water partition coefficient (Wildman–Crippen LogP) is 1.98. The Morgan fingerprint density at radius 3 is 2.73 bits per heavy atom. The number of hydrogen-bond donors (Lipinski definition) is 1. The van der Waals surface area contributed by atoms with Crippen molar-refractivity contribution in [2.45, 2.75) is 6.54 Å². The van der Waals surface area contributed by atoms with Crippen molar-refractivity contribution in [3.63, 3.8) is 0 Å². The molecule has 8 nitrogen and oxygen atoms in total. The monoisotopic (exact) mass is 353 g/mol. The average Bonchev–Trinajstić information content (AvgIpc) is 3.06. The van der Waals surface area contributed by atoms with E-state index >= 15 is 0 Å². The van der Waals surface area contributed by atoms with Gasteiger partial charge in [0, 0.05) is 26.8 Å². The number of aromatic nitrogens is 4. The van der Waals surface area contributed by atoms with Crippen LogP contribution in [-0.2, 0) is 18.4 Å². The second-order valence-electron chi connectivity index (χ2n) is 5.80. The quantitative estimate of drug-likeness (QED) is 0.694. The summed E-state index contributed by atoms with van der Waals surface area (Å²) in [5.74, 6) is 0.250. The van der Waals surface area contributed by atoms with Gasteiger partial charge in [0.2, 0.25) is 0 Å². The highest BCUT2D eigenvalue weighted by molar-refractivity contribution is 5.68. The molecule has 0 saturated carbocycles. The maximum absolute atomic E-state index is 10.6. The van der Waals surface area contributed by atoms with Crippen LogP contribution in [0.15, 0.2) is 48.7 Å². The highest BCUT2D eigenvalue weighted by Gasteiger charge is 2.09. The van der Waals surface area contributed by atoms with E-state index in [9.17, 15) is 4.79 Å². The lowest BCUT2D eigenvalue weighted by Gasteiger charge is -2.18. The molecule has 0 spiro atoms. The fourth-order valence-corrected chi connectivity index (χ4v) is 2.52. The second-order valence-corrected chi connectivity index (χ2v) is 5.80. The first-order valence-electron chi connectivity index (χ1n) is 7.99. The lowest BCUT2D eigenvalue weighted by Crippen LogP contribution is -2.18. The molecule has 26 heavy (non-hydrogen) atoms. The van der Waals surface area contributed by atoms with Gasteiger partial charge in [-0.05, 0) is 35.9 Å². The molecule has 3 aromatic rings. The van der Waals surface area contributed by atoms with Crippen LogP contribution in [0.25, 0.3) is 11.4 Å². The van der Waals surface area contributed by atoms with Crippen molar-refractivity contribution in [1.29, 1.82) is 0 Å². The van der Waals surface area contributed by atoms with Crippen LogP contribution in [0.3, 0.4) is 0 Å². The zero-order valence-corrected chi connectivity index (χ0v) is 14.5. The second kappa shape index (κ2) is 7.64. The fraction of sp³-hybridized carbons (Fsp3) is 0.222. The van der Waals surface area contributed by atoms with E-state index in [2.05, 4.69) is 15.3 Å². The Kier molecular flexibility index (Phi) is 5.12. The highest BCUT2D eigenvalue weighted by Crippen LogP contribution is 2.19. The number of carboxylic acids is 1. The molecule has 0 aliphatic heterocycles. The molecular weight excluding hydrogens is 334 g/mol. The number of carbonyl (C=O) groups is 1. The minimum Gasteiger partial charge on any atom is -0.482 e. The van der Waals surface area contributed by atoms with Crippen molar-refractivity contribution < 1.29 is 14.6 Å². The number of aliphatic carboxylic acids is 1. The minimum absolute atomic E-state index is 0.361. The molecule has 0 atom stereocenters. The van der Waals surface area contributed by atoms with Crippen molar-refractivity contribution in [2.24, 2.45) is 7.05 Å². The number of ether oxygens (including phenoxy) is 1. The molecule has 134 valence electrons. The minimum atomic E-state index is -1.00. The third-order valence-corrected chi connectivity index (χ3v) is 3.81. The van der Waals surface area contributed by atoms with Crippen molar-refractivity contribution in [3.05, 3.63) is 54.2 Å². The largest absolute Gasteiger partial charge is 0.482 e. The summed E-state index contributed by atoms with van der Waals surface area (Å²) in [6.07, 6.45) is 1.72. The Balaban J connectivity index is 1.68. The van der Waals surface area contributed by atoms with E-state index in [4.69, 9.17) is 9.84 Å². The number of anilines is 1. The van der Waals surface area contributed by atoms with E-state index in [1.54, 1.807) is 16.9 Å². The van der Waals surface area contributed by atoms with Crippen LogP contribution < -0.4 is 9.64 Å². The van der Waals surface area contributed by atoms with Gasteiger partial charge in [0.05, 0.1) is 5.69 Å². The van der Waals surface area contributed by atoms with Gasteiger partial charge in [-0.3, -0.25) is 4.68 Å². The molecule has 0 fully saturated rings. The third kappa shape index (κ3) is 4.15. The zero-order valence-electron chi connectivity index (χ0n) is 14.5. The van der Waals surface area contributed by atoms with Crippen molar-refractivity contribution >= 4 is 11.8 Å².